The second kappa shape index (κ2) is 3.37. The van der Waals surface area contributed by atoms with E-state index >= 15 is 0 Å². The molecule has 1 aromatic heterocycles. The Hall–Kier alpha value is -1.05. The van der Waals surface area contributed by atoms with Gasteiger partial charge in [-0.3, -0.25) is 4.98 Å². The zero-order valence-corrected chi connectivity index (χ0v) is 7.22. The number of aryl methyl sites for hydroxylation is 2. The van der Waals surface area contributed by atoms with E-state index in [4.69, 9.17) is 4.74 Å². The molecule has 0 atom stereocenters. The third-order valence-electron chi connectivity index (χ3n) is 1.54. The molecule has 60 valence electrons. The van der Waals surface area contributed by atoms with Crippen molar-refractivity contribution in [1.82, 2.24) is 4.98 Å². The van der Waals surface area contributed by atoms with Gasteiger partial charge in [-0.05, 0) is 20.8 Å². The molecule has 0 fully saturated rings. The van der Waals surface area contributed by atoms with Gasteiger partial charge in [-0.25, -0.2) is 0 Å². The van der Waals surface area contributed by atoms with Crippen molar-refractivity contribution in [3.8, 4) is 5.75 Å². The standard InChI is InChI=1S/C9H13NO/c1-4-11-9-7(2)5-10-6-8(9)3/h5-6H,4H2,1-3H3. The van der Waals surface area contributed by atoms with Crippen LogP contribution in [0.4, 0.5) is 0 Å². The summed E-state index contributed by atoms with van der Waals surface area (Å²) in [5.74, 6) is 0.975. The topological polar surface area (TPSA) is 22.1 Å². The van der Waals surface area contributed by atoms with E-state index in [1.54, 1.807) is 0 Å². The first-order chi connectivity index (χ1) is 5.25. The molecule has 0 aliphatic rings. The first-order valence-electron chi connectivity index (χ1n) is 3.79. The van der Waals surface area contributed by atoms with E-state index in [9.17, 15) is 0 Å². The van der Waals surface area contributed by atoms with Crippen LogP contribution in [0.3, 0.4) is 0 Å². The van der Waals surface area contributed by atoms with Crippen molar-refractivity contribution in [2.75, 3.05) is 6.61 Å². The van der Waals surface area contributed by atoms with Gasteiger partial charge >= 0.3 is 0 Å². The normalized spacial score (nSPS) is 9.73. The molecule has 1 aromatic rings. The first-order valence-corrected chi connectivity index (χ1v) is 3.79. The molecule has 0 aliphatic carbocycles. The predicted octanol–water partition coefficient (Wildman–Crippen LogP) is 2.10. The smallest absolute Gasteiger partial charge is 0.128 e. The Balaban J connectivity index is 3.00. The number of rotatable bonds is 2. The third kappa shape index (κ3) is 1.70. The molecule has 0 amide bonds. The maximum Gasteiger partial charge on any atom is 0.128 e. The summed E-state index contributed by atoms with van der Waals surface area (Å²) in [6, 6.07) is 0. The summed E-state index contributed by atoms with van der Waals surface area (Å²) in [6.07, 6.45) is 3.63. The number of pyridine rings is 1. The maximum atomic E-state index is 5.43. The van der Waals surface area contributed by atoms with Crippen molar-refractivity contribution in [1.29, 1.82) is 0 Å². The lowest BCUT2D eigenvalue weighted by Crippen LogP contribution is -1.96. The Kier molecular flexibility index (Phi) is 2.47. The van der Waals surface area contributed by atoms with Gasteiger partial charge in [0.05, 0.1) is 6.61 Å². The number of aromatic nitrogens is 1. The van der Waals surface area contributed by atoms with Crippen LogP contribution in [0, 0.1) is 13.8 Å². The Morgan fingerprint density at radius 3 is 2.27 bits per heavy atom. The third-order valence-corrected chi connectivity index (χ3v) is 1.54. The van der Waals surface area contributed by atoms with Crippen LogP contribution in [-0.2, 0) is 0 Å². The van der Waals surface area contributed by atoms with Crippen molar-refractivity contribution in [3.05, 3.63) is 23.5 Å². The average Bonchev–Trinajstić information content (AvgIpc) is 1.97. The largest absolute Gasteiger partial charge is 0.493 e. The summed E-state index contributed by atoms with van der Waals surface area (Å²) in [4.78, 5) is 4.05. The molecule has 0 saturated carbocycles. The highest BCUT2D eigenvalue weighted by atomic mass is 16.5. The molecule has 1 heterocycles. The zero-order chi connectivity index (χ0) is 8.27. The van der Waals surface area contributed by atoms with Gasteiger partial charge in [0.2, 0.25) is 0 Å². The van der Waals surface area contributed by atoms with E-state index in [0.717, 1.165) is 16.9 Å². The molecule has 2 heteroatoms. The van der Waals surface area contributed by atoms with E-state index in [1.165, 1.54) is 0 Å². The van der Waals surface area contributed by atoms with Crippen molar-refractivity contribution in [2.45, 2.75) is 20.8 Å². The quantitative estimate of drug-likeness (QED) is 0.645. The van der Waals surface area contributed by atoms with Crippen LogP contribution < -0.4 is 4.74 Å². The fourth-order valence-electron chi connectivity index (χ4n) is 1.06. The lowest BCUT2D eigenvalue weighted by molar-refractivity contribution is 0.335. The first kappa shape index (κ1) is 8.05. The zero-order valence-electron chi connectivity index (χ0n) is 7.22. The summed E-state index contributed by atoms with van der Waals surface area (Å²) in [7, 11) is 0. The van der Waals surface area contributed by atoms with E-state index in [1.807, 2.05) is 33.2 Å². The Morgan fingerprint density at radius 2 is 1.82 bits per heavy atom. The lowest BCUT2D eigenvalue weighted by atomic mass is 10.2. The Morgan fingerprint density at radius 1 is 1.27 bits per heavy atom. The highest BCUT2D eigenvalue weighted by molar-refractivity contribution is 5.36. The molecule has 11 heavy (non-hydrogen) atoms. The fourth-order valence-corrected chi connectivity index (χ4v) is 1.06. The second-order valence-corrected chi connectivity index (χ2v) is 2.54. The van der Waals surface area contributed by atoms with E-state index in [2.05, 4.69) is 4.98 Å². The van der Waals surface area contributed by atoms with Crippen molar-refractivity contribution in [2.24, 2.45) is 0 Å². The Bertz CT molecular complexity index is 225. The van der Waals surface area contributed by atoms with Gasteiger partial charge < -0.3 is 4.74 Å². The van der Waals surface area contributed by atoms with Gasteiger partial charge in [-0.15, -0.1) is 0 Å². The Labute approximate surface area is 67.2 Å². The molecule has 0 aliphatic heterocycles. The van der Waals surface area contributed by atoms with Crippen molar-refractivity contribution >= 4 is 0 Å². The summed E-state index contributed by atoms with van der Waals surface area (Å²) in [5, 5.41) is 0. The molecule has 1 rings (SSSR count). The van der Waals surface area contributed by atoms with Gasteiger partial charge in [0, 0.05) is 23.5 Å². The van der Waals surface area contributed by atoms with Crippen LogP contribution in [0.25, 0.3) is 0 Å². The lowest BCUT2D eigenvalue weighted by Gasteiger charge is -2.08. The van der Waals surface area contributed by atoms with E-state index in [0.29, 0.717) is 6.61 Å². The van der Waals surface area contributed by atoms with Crippen LogP contribution in [0.2, 0.25) is 0 Å². The molecule has 0 bridgehead atoms. The highest BCUT2D eigenvalue weighted by Crippen LogP contribution is 2.20. The van der Waals surface area contributed by atoms with E-state index in [-0.39, 0.29) is 0 Å². The van der Waals surface area contributed by atoms with Crippen LogP contribution in [-0.4, -0.2) is 11.6 Å². The summed E-state index contributed by atoms with van der Waals surface area (Å²) < 4.78 is 5.43. The predicted molar refractivity (Wildman–Crippen MR) is 44.9 cm³/mol. The van der Waals surface area contributed by atoms with Crippen LogP contribution >= 0.6 is 0 Å². The van der Waals surface area contributed by atoms with Crippen LogP contribution in [0.1, 0.15) is 18.1 Å². The average molecular weight is 151 g/mol. The van der Waals surface area contributed by atoms with Gasteiger partial charge in [0.25, 0.3) is 0 Å². The summed E-state index contributed by atoms with van der Waals surface area (Å²) >= 11 is 0. The fraction of sp³-hybridized carbons (Fsp3) is 0.444. The van der Waals surface area contributed by atoms with Gasteiger partial charge in [0.1, 0.15) is 5.75 Å². The molecule has 0 radical (unpaired) electrons. The minimum atomic E-state index is 0.714. The van der Waals surface area contributed by atoms with Gasteiger partial charge in [-0.1, -0.05) is 0 Å². The van der Waals surface area contributed by atoms with E-state index < -0.39 is 0 Å². The number of nitrogens with zero attached hydrogens (tertiary/aromatic N) is 1. The number of hydrogen-bond donors (Lipinski definition) is 0. The molecule has 0 aromatic carbocycles. The molecule has 0 N–H and O–H groups in total. The van der Waals surface area contributed by atoms with Gasteiger partial charge in [-0.2, -0.15) is 0 Å². The summed E-state index contributed by atoms with van der Waals surface area (Å²) in [6.45, 7) is 6.71. The minimum absolute atomic E-state index is 0.714. The molecule has 2 nitrogen and oxygen atoms in total. The molecule has 0 spiro atoms. The molecule has 0 unspecified atom stereocenters. The maximum absolute atomic E-state index is 5.43. The van der Waals surface area contributed by atoms with Gasteiger partial charge in [0.15, 0.2) is 0 Å². The number of hydrogen-bond acceptors (Lipinski definition) is 2. The van der Waals surface area contributed by atoms with Crippen LogP contribution in [0.15, 0.2) is 12.4 Å². The minimum Gasteiger partial charge on any atom is -0.493 e. The SMILES string of the molecule is CCOc1c(C)cncc1C. The second-order valence-electron chi connectivity index (χ2n) is 2.54. The monoisotopic (exact) mass is 151 g/mol. The highest BCUT2D eigenvalue weighted by Gasteiger charge is 2.01. The van der Waals surface area contributed by atoms with Crippen molar-refractivity contribution < 1.29 is 4.74 Å². The molecular weight excluding hydrogens is 138 g/mol. The number of ether oxygens (including phenoxy) is 1. The van der Waals surface area contributed by atoms with Crippen LogP contribution in [0.5, 0.6) is 5.75 Å². The molecular formula is C9H13NO. The summed E-state index contributed by atoms with van der Waals surface area (Å²) in [5.41, 5.74) is 2.21. The molecule has 0 saturated heterocycles. The van der Waals surface area contributed by atoms with Crippen molar-refractivity contribution in [3.63, 3.8) is 0 Å².